The molecule has 1 heterocycles. The molecule has 2 atom stereocenters. The van der Waals surface area contributed by atoms with Gasteiger partial charge in [0.05, 0.1) is 5.56 Å². The van der Waals surface area contributed by atoms with Crippen LogP contribution in [0.25, 0.3) is 0 Å². The highest BCUT2D eigenvalue weighted by Gasteiger charge is 2.25. The van der Waals surface area contributed by atoms with E-state index in [4.69, 9.17) is 10.5 Å². The van der Waals surface area contributed by atoms with E-state index in [1.165, 1.54) is 23.8 Å². The number of hydrogen-bond acceptors (Lipinski definition) is 6. The monoisotopic (exact) mass is 614 g/mol. The van der Waals surface area contributed by atoms with Gasteiger partial charge in [0.2, 0.25) is 0 Å². The number of likely N-dealkylation sites (N-methyl/N-ethyl adjacent to an activating group) is 1. The van der Waals surface area contributed by atoms with E-state index < -0.39 is 29.7 Å². The van der Waals surface area contributed by atoms with Crippen molar-refractivity contribution in [3.05, 3.63) is 136 Å². The molecule has 7 nitrogen and oxygen atoms in total. The van der Waals surface area contributed by atoms with Crippen molar-refractivity contribution in [2.75, 3.05) is 20.1 Å². The summed E-state index contributed by atoms with van der Waals surface area (Å²) in [4.78, 5) is 32.6. The molecule has 3 aromatic carbocycles. The fraction of sp³-hybridized carbons (Fsp3) is 0.306. The third kappa shape index (κ3) is 10.0. The number of nitrogens with two attached hydrogens (primary N) is 1. The highest BCUT2D eigenvalue weighted by atomic mass is 19.1. The van der Waals surface area contributed by atoms with E-state index in [2.05, 4.69) is 29.4 Å². The number of hydrogen-bond donors (Lipinski definition) is 2. The van der Waals surface area contributed by atoms with Crippen LogP contribution in [0.3, 0.4) is 0 Å². The van der Waals surface area contributed by atoms with Gasteiger partial charge in [0.1, 0.15) is 17.7 Å². The summed E-state index contributed by atoms with van der Waals surface area (Å²) in [5, 5.41) is 3.31. The van der Waals surface area contributed by atoms with Crippen molar-refractivity contribution in [2.24, 2.45) is 5.73 Å². The first kappa shape index (κ1) is 33.4. The second-order valence-electron chi connectivity index (χ2n) is 11.3. The standard InChI is InChI=1S/C36H40F2N4O3/c1-4-25-8-7-9-26(16-25)22-40-23-34(33(39)19-27-17-30(37)21-31(38)18-27)45-36(44)29-15-24(2)14-28(20-29)35(43)42(3)13-11-32-10-5-6-12-41-32/h5-10,12,14-18,20-21,33-34,40H,4,11,13,19,22-23,39H2,1-3H3/t33-,34+/m0/s1. The number of halogens is 2. The van der Waals surface area contributed by atoms with Gasteiger partial charge < -0.3 is 20.7 Å². The summed E-state index contributed by atoms with van der Waals surface area (Å²) >= 11 is 0. The zero-order valence-corrected chi connectivity index (χ0v) is 25.9. The number of carbonyl (C=O) groups excluding carboxylic acids is 2. The molecule has 0 aliphatic heterocycles. The molecule has 0 bridgehead atoms. The van der Waals surface area contributed by atoms with Gasteiger partial charge in [0.25, 0.3) is 5.91 Å². The third-order valence-electron chi connectivity index (χ3n) is 7.54. The maximum atomic E-state index is 13.9. The minimum absolute atomic E-state index is 0.0816. The fourth-order valence-electron chi connectivity index (χ4n) is 5.11. The van der Waals surface area contributed by atoms with Crippen LogP contribution in [-0.2, 0) is 30.5 Å². The normalized spacial score (nSPS) is 12.4. The molecule has 0 saturated carbocycles. The number of nitrogens with zero attached hydrogens (tertiary/aromatic N) is 2. The summed E-state index contributed by atoms with van der Waals surface area (Å²) in [6.45, 7) is 5.05. The Hall–Kier alpha value is -4.47. The predicted octanol–water partition coefficient (Wildman–Crippen LogP) is 5.43. The Labute approximate surface area is 263 Å². The second kappa shape index (κ2) is 16.0. The van der Waals surface area contributed by atoms with Crippen LogP contribution in [0.15, 0.2) is 85.1 Å². The largest absolute Gasteiger partial charge is 0.456 e. The first-order valence-electron chi connectivity index (χ1n) is 15.1. The quantitative estimate of drug-likeness (QED) is 0.184. The van der Waals surface area contributed by atoms with Crippen molar-refractivity contribution >= 4 is 11.9 Å². The van der Waals surface area contributed by atoms with E-state index in [1.54, 1.807) is 37.2 Å². The molecule has 0 unspecified atom stereocenters. The molecule has 4 rings (SSSR count). The van der Waals surface area contributed by atoms with Crippen LogP contribution in [-0.4, -0.2) is 54.0 Å². The van der Waals surface area contributed by atoms with E-state index in [1.807, 2.05) is 30.3 Å². The topological polar surface area (TPSA) is 97.5 Å². The molecule has 0 aliphatic carbocycles. The maximum absolute atomic E-state index is 13.9. The summed E-state index contributed by atoms with van der Waals surface area (Å²) in [6, 6.07) is 21.1. The number of amides is 1. The van der Waals surface area contributed by atoms with Crippen molar-refractivity contribution in [1.29, 1.82) is 0 Å². The van der Waals surface area contributed by atoms with Gasteiger partial charge in [0.15, 0.2) is 0 Å². The van der Waals surface area contributed by atoms with Gasteiger partial charge in [-0.05, 0) is 84.5 Å². The fourth-order valence-corrected chi connectivity index (χ4v) is 5.11. The van der Waals surface area contributed by atoms with Gasteiger partial charge in [-0.3, -0.25) is 9.78 Å². The lowest BCUT2D eigenvalue weighted by molar-refractivity contribution is 0.0238. The summed E-state index contributed by atoms with van der Waals surface area (Å²) in [7, 11) is 1.71. The van der Waals surface area contributed by atoms with Crippen LogP contribution in [0.4, 0.5) is 8.78 Å². The van der Waals surface area contributed by atoms with E-state index in [0.29, 0.717) is 30.6 Å². The zero-order valence-electron chi connectivity index (χ0n) is 25.9. The van der Waals surface area contributed by atoms with E-state index in [9.17, 15) is 18.4 Å². The Morgan fingerprint density at radius 1 is 0.933 bits per heavy atom. The van der Waals surface area contributed by atoms with Crippen LogP contribution in [0.1, 0.15) is 55.6 Å². The van der Waals surface area contributed by atoms with Crippen molar-refractivity contribution in [2.45, 2.75) is 51.8 Å². The van der Waals surface area contributed by atoms with Gasteiger partial charge in [-0.1, -0.05) is 37.3 Å². The lowest BCUT2D eigenvalue weighted by atomic mass is 10.0. The Kier molecular flexibility index (Phi) is 11.9. The van der Waals surface area contributed by atoms with Crippen molar-refractivity contribution < 1.29 is 23.1 Å². The molecule has 9 heteroatoms. The zero-order chi connectivity index (χ0) is 32.3. The molecular formula is C36H40F2N4O3. The number of aromatic nitrogens is 1. The number of esters is 1. The van der Waals surface area contributed by atoms with Gasteiger partial charge >= 0.3 is 5.97 Å². The Balaban J connectivity index is 1.48. The number of carbonyl (C=O) groups is 2. The minimum Gasteiger partial charge on any atom is -0.456 e. The number of nitrogens with one attached hydrogen (secondary N) is 1. The average molecular weight is 615 g/mol. The molecule has 0 spiro atoms. The highest BCUT2D eigenvalue weighted by Crippen LogP contribution is 2.17. The molecule has 1 amide bonds. The molecule has 0 saturated heterocycles. The number of ether oxygens (including phenoxy) is 1. The minimum atomic E-state index is -0.834. The average Bonchev–Trinajstić information content (AvgIpc) is 3.02. The Morgan fingerprint density at radius 2 is 1.67 bits per heavy atom. The molecule has 236 valence electrons. The summed E-state index contributed by atoms with van der Waals surface area (Å²) in [5.41, 5.74) is 11.3. The van der Waals surface area contributed by atoms with Crippen LogP contribution in [0, 0.1) is 18.6 Å². The van der Waals surface area contributed by atoms with Crippen LogP contribution in [0.5, 0.6) is 0 Å². The molecule has 0 aliphatic rings. The molecular weight excluding hydrogens is 574 g/mol. The number of aryl methyl sites for hydroxylation is 2. The van der Waals surface area contributed by atoms with Gasteiger partial charge in [-0.25, -0.2) is 13.6 Å². The van der Waals surface area contributed by atoms with E-state index in [0.717, 1.165) is 29.3 Å². The SMILES string of the molecule is CCc1cccc(CNC[C@@H](OC(=O)c2cc(C)cc(C(=O)N(C)CCc3ccccn3)c2)[C@@H](N)Cc2cc(F)cc(F)c2)c1. The van der Waals surface area contributed by atoms with E-state index >= 15 is 0 Å². The summed E-state index contributed by atoms with van der Waals surface area (Å²) in [6.07, 6.45) is 2.46. The summed E-state index contributed by atoms with van der Waals surface area (Å²) in [5.74, 6) is -2.30. The van der Waals surface area contributed by atoms with Crippen molar-refractivity contribution in [3.63, 3.8) is 0 Å². The van der Waals surface area contributed by atoms with Crippen molar-refractivity contribution in [3.8, 4) is 0 Å². The molecule has 4 aromatic rings. The Morgan fingerprint density at radius 3 is 2.38 bits per heavy atom. The van der Waals surface area contributed by atoms with Crippen LogP contribution < -0.4 is 11.1 Å². The molecule has 0 fully saturated rings. The predicted molar refractivity (Wildman–Crippen MR) is 171 cm³/mol. The molecule has 1 aromatic heterocycles. The smallest absolute Gasteiger partial charge is 0.338 e. The first-order valence-corrected chi connectivity index (χ1v) is 15.1. The second-order valence-corrected chi connectivity index (χ2v) is 11.3. The van der Waals surface area contributed by atoms with E-state index in [-0.39, 0.29) is 24.4 Å². The highest BCUT2D eigenvalue weighted by molar-refractivity contribution is 5.98. The van der Waals surface area contributed by atoms with Crippen LogP contribution in [0.2, 0.25) is 0 Å². The van der Waals surface area contributed by atoms with Gasteiger partial charge in [-0.15, -0.1) is 0 Å². The third-order valence-corrected chi connectivity index (χ3v) is 7.54. The van der Waals surface area contributed by atoms with Gasteiger partial charge in [0, 0.05) is 62.7 Å². The summed E-state index contributed by atoms with van der Waals surface area (Å²) < 4.78 is 33.7. The molecule has 45 heavy (non-hydrogen) atoms. The number of pyridine rings is 1. The number of benzene rings is 3. The first-order chi connectivity index (χ1) is 21.6. The van der Waals surface area contributed by atoms with Gasteiger partial charge in [-0.2, -0.15) is 0 Å². The lowest BCUT2D eigenvalue weighted by Crippen LogP contribution is -2.46. The number of rotatable bonds is 14. The maximum Gasteiger partial charge on any atom is 0.338 e. The van der Waals surface area contributed by atoms with Crippen molar-refractivity contribution in [1.82, 2.24) is 15.2 Å². The molecule has 0 radical (unpaired) electrons. The lowest BCUT2D eigenvalue weighted by Gasteiger charge is -2.25. The van der Waals surface area contributed by atoms with Crippen LogP contribution >= 0.6 is 0 Å². The Bertz CT molecular complexity index is 1580. The molecule has 3 N–H and O–H groups in total.